The van der Waals surface area contributed by atoms with Crippen LogP contribution in [0.1, 0.15) is 39.7 Å². The predicted octanol–water partition coefficient (Wildman–Crippen LogP) is 5.48. The van der Waals surface area contributed by atoms with Crippen molar-refractivity contribution in [2.45, 2.75) is 30.0 Å². The van der Waals surface area contributed by atoms with Gasteiger partial charge in [-0.2, -0.15) is 0 Å². The van der Waals surface area contributed by atoms with Gasteiger partial charge in [-0.05, 0) is 50.3 Å². The lowest BCUT2D eigenvalue weighted by Gasteiger charge is -2.30. The molecule has 0 spiro atoms. The molecule has 1 amide bonds. The van der Waals surface area contributed by atoms with Crippen LogP contribution in [0.2, 0.25) is 0 Å². The molecule has 1 unspecified atom stereocenters. The van der Waals surface area contributed by atoms with Crippen molar-refractivity contribution >= 4 is 57.7 Å². The fraction of sp³-hybridized carbons (Fsp3) is 0.300. The molecule has 1 aromatic heterocycles. The third kappa shape index (κ3) is 3.99. The van der Waals surface area contributed by atoms with E-state index in [1.807, 2.05) is 20.1 Å². The van der Waals surface area contributed by atoms with Gasteiger partial charge in [-0.15, -0.1) is 23.1 Å². The van der Waals surface area contributed by atoms with E-state index in [4.69, 9.17) is 5.73 Å². The number of halogens is 1. The largest absolute Gasteiger partial charge is 0.379 e. The molecule has 2 aromatic rings. The Morgan fingerprint density at radius 1 is 1.50 bits per heavy atom. The van der Waals surface area contributed by atoms with Crippen molar-refractivity contribution in [3.8, 4) is 0 Å². The van der Waals surface area contributed by atoms with Gasteiger partial charge >= 0.3 is 0 Å². The zero-order valence-electron chi connectivity index (χ0n) is 16.0. The molecule has 0 bridgehead atoms. The number of nitrogens with two attached hydrogens (primary N) is 1. The number of hydrogen-bond acceptors (Lipinski definition) is 6. The first-order chi connectivity index (χ1) is 13.3. The molecule has 148 valence electrons. The lowest BCUT2D eigenvalue weighted by molar-refractivity contribution is 0.103. The SMILES string of the molecule is C=Cc1c(SC)sc(C(=O)Nc2ccc(F)c(C3(C)CCSC(N)=N3)c2)c1C. The number of amides is 1. The number of thioether (sulfide) groups is 2. The van der Waals surface area contributed by atoms with E-state index in [2.05, 4.69) is 16.9 Å². The van der Waals surface area contributed by atoms with E-state index in [0.717, 1.165) is 21.1 Å². The summed E-state index contributed by atoms with van der Waals surface area (Å²) in [6.45, 7) is 7.62. The number of thiophene rings is 1. The van der Waals surface area contributed by atoms with Gasteiger partial charge < -0.3 is 11.1 Å². The van der Waals surface area contributed by atoms with Crippen LogP contribution in [-0.2, 0) is 5.54 Å². The highest BCUT2D eigenvalue weighted by molar-refractivity contribution is 8.13. The molecule has 1 aliphatic heterocycles. The maximum atomic E-state index is 14.6. The Balaban J connectivity index is 1.92. The predicted molar refractivity (Wildman–Crippen MR) is 121 cm³/mol. The number of carbonyl (C=O) groups excluding carboxylic acids is 1. The summed E-state index contributed by atoms with van der Waals surface area (Å²) in [6, 6.07) is 4.60. The van der Waals surface area contributed by atoms with Crippen LogP contribution in [0.4, 0.5) is 10.1 Å². The molecule has 2 heterocycles. The van der Waals surface area contributed by atoms with Gasteiger partial charge in [-0.1, -0.05) is 24.4 Å². The van der Waals surface area contributed by atoms with Gasteiger partial charge in [0.05, 0.1) is 14.6 Å². The van der Waals surface area contributed by atoms with Crippen molar-refractivity contribution in [3.63, 3.8) is 0 Å². The molecule has 3 N–H and O–H groups in total. The number of nitrogens with zero attached hydrogens (tertiary/aromatic N) is 1. The summed E-state index contributed by atoms with van der Waals surface area (Å²) < 4.78 is 15.6. The molecule has 0 fully saturated rings. The second-order valence-corrected chi connectivity index (χ2v) is 9.85. The standard InChI is InChI=1S/C20H22FN3OS3/c1-5-13-11(2)16(28-18(13)26-4)17(25)23-12-6-7-15(21)14(10-12)20(3)8-9-27-19(22)24-20/h5-7,10H,1,8-9H2,2-4H3,(H2,22,24)(H,23,25). The van der Waals surface area contributed by atoms with Crippen LogP contribution in [0.5, 0.6) is 0 Å². The van der Waals surface area contributed by atoms with Gasteiger partial charge in [-0.25, -0.2) is 4.39 Å². The summed E-state index contributed by atoms with van der Waals surface area (Å²) >= 11 is 4.50. The quantitative estimate of drug-likeness (QED) is 0.610. The Labute approximate surface area is 176 Å². The summed E-state index contributed by atoms with van der Waals surface area (Å²) in [7, 11) is 0. The minimum atomic E-state index is -0.735. The van der Waals surface area contributed by atoms with Crippen LogP contribution in [0.15, 0.2) is 34.0 Å². The van der Waals surface area contributed by atoms with Gasteiger partial charge in [-0.3, -0.25) is 9.79 Å². The maximum Gasteiger partial charge on any atom is 0.266 e. The summed E-state index contributed by atoms with van der Waals surface area (Å²) in [5.41, 5.74) is 7.99. The fourth-order valence-electron chi connectivity index (χ4n) is 3.19. The van der Waals surface area contributed by atoms with Gasteiger partial charge in [0.25, 0.3) is 5.91 Å². The minimum Gasteiger partial charge on any atom is -0.379 e. The molecule has 28 heavy (non-hydrogen) atoms. The zero-order valence-corrected chi connectivity index (χ0v) is 18.4. The average molecular weight is 436 g/mol. The maximum absolute atomic E-state index is 14.6. The number of anilines is 1. The zero-order chi connectivity index (χ0) is 20.5. The minimum absolute atomic E-state index is 0.212. The van der Waals surface area contributed by atoms with Crippen molar-refractivity contribution in [2.75, 3.05) is 17.3 Å². The number of benzene rings is 1. The molecule has 1 aromatic carbocycles. The van der Waals surface area contributed by atoms with Gasteiger partial charge in [0.2, 0.25) is 0 Å². The summed E-state index contributed by atoms with van der Waals surface area (Å²) in [5, 5.41) is 3.36. The number of rotatable bonds is 5. The normalized spacial score (nSPS) is 19.2. The van der Waals surface area contributed by atoms with Gasteiger partial charge in [0, 0.05) is 22.6 Å². The van der Waals surface area contributed by atoms with E-state index in [1.165, 1.54) is 29.2 Å². The van der Waals surface area contributed by atoms with Crippen LogP contribution in [0, 0.1) is 12.7 Å². The van der Waals surface area contributed by atoms with Crippen molar-refractivity contribution < 1.29 is 9.18 Å². The first-order valence-corrected chi connectivity index (χ1v) is 11.7. The highest BCUT2D eigenvalue weighted by atomic mass is 32.2. The monoisotopic (exact) mass is 435 g/mol. The molecule has 1 aliphatic rings. The Morgan fingerprint density at radius 2 is 2.25 bits per heavy atom. The Bertz CT molecular complexity index is 970. The van der Waals surface area contributed by atoms with Crippen molar-refractivity contribution in [1.29, 1.82) is 0 Å². The smallest absolute Gasteiger partial charge is 0.266 e. The topological polar surface area (TPSA) is 67.5 Å². The number of aliphatic imine (C=N–C) groups is 1. The second kappa shape index (κ2) is 8.31. The lowest BCUT2D eigenvalue weighted by atomic mass is 9.89. The van der Waals surface area contributed by atoms with E-state index in [9.17, 15) is 9.18 Å². The third-order valence-corrected chi connectivity index (χ3v) is 7.99. The number of carbonyl (C=O) groups is 1. The highest BCUT2D eigenvalue weighted by Gasteiger charge is 2.32. The highest BCUT2D eigenvalue weighted by Crippen LogP contribution is 2.38. The molecule has 4 nitrogen and oxygen atoms in total. The molecule has 0 radical (unpaired) electrons. The fourth-order valence-corrected chi connectivity index (χ4v) is 6.14. The second-order valence-electron chi connectivity index (χ2n) is 6.64. The third-order valence-electron chi connectivity index (χ3n) is 4.76. The average Bonchev–Trinajstić information content (AvgIpc) is 2.98. The van der Waals surface area contributed by atoms with E-state index >= 15 is 0 Å². The molecule has 8 heteroatoms. The van der Waals surface area contributed by atoms with Gasteiger partial charge in [0.15, 0.2) is 5.17 Å². The molecule has 0 aliphatic carbocycles. The van der Waals surface area contributed by atoms with Crippen LogP contribution in [0.3, 0.4) is 0 Å². The van der Waals surface area contributed by atoms with Crippen LogP contribution in [-0.4, -0.2) is 23.1 Å². The number of amidine groups is 1. The van der Waals surface area contributed by atoms with E-state index in [-0.39, 0.29) is 11.7 Å². The Kier molecular flexibility index (Phi) is 6.21. The van der Waals surface area contributed by atoms with Gasteiger partial charge in [0.1, 0.15) is 5.82 Å². The molecular weight excluding hydrogens is 413 g/mol. The molecule has 0 saturated heterocycles. The summed E-state index contributed by atoms with van der Waals surface area (Å²) in [4.78, 5) is 17.9. The summed E-state index contributed by atoms with van der Waals surface area (Å²) in [6.07, 6.45) is 4.42. The first kappa shape index (κ1) is 21.0. The van der Waals surface area contributed by atoms with Crippen LogP contribution >= 0.6 is 34.9 Å². The molecule has 3 rings (SSSR count). The summed E-state index contributed by atoms with van der Waals surface area (Å²) in [5.74, 6) is 0.212. The van der Waals surface area contributed by atoms with E-state index in [0.29, 0.717) is 27.7 Å². The van der Waals surface area contributed by atoms with Crippen molar-refractivity contribution in [1.82, 2.24) is 0 Å². The van der Waals surface area contributed by atoms with Crippen molar-refractivity contribution in [3.05, 3.63) is 52.2 Å². The molecule has 1 atom stereocenters. The Morgan fingerprint density at radius 3 is 2.86 bits per heavy atom. The van der Waals surface area contributed by atoms with E-state index < -0.39 is 5.54 Å². The van der Waals surface area contributed by atoms with Crippen LogP contribution in [0.25, 0.3) is 6.08 Å². The number of hydrogen-bond donors (Lipinski definition) is 2. The Hall–Kier alpha value is -1.77. The lowest BCUT2D eigenvalue weighted by Crippen LogP contribution is -2.29. The molecular formula is C20H22FN3OS3. The molecule has 0 saturated carbocycles. The van der Waals surface area contributed by atoms with Crippen molar-refractivity contribution in [2.24, 2.45) is 10.7 Å². The van der Waals surface area contributed by atoms with Crippen LogP contribution < -0.4 is 11.1 Å². The first-order valence-electron chi connectivity index (χ1n) is 8.68. The number of nitrogens with one attached hydrogen (secondary N) is 1. The van der Waals surface area contributed by atoms with E-state index in [1.54, 1.807) is 30.0 Å².